The molecule has 2 aromatic carbocycles. The van der Waals surface area contributed by atoms with Gasteiger partial charge in [0.25, 0.3) is 0 Å². The Morgan fingerprint density at radius 3 is 2.38 bits per heavy atom. The van der Waals surface area contributed by atoms with Crippen molar-refractivity contribution in [3.05, 3.63) is 65.7 Å². The molecule has 136 valence electrons. The average Bonchev–Trinajstić information content (AvgIpc) is 3.19. The molecule has 2 aromatic rings. The number of hydrogen-bond acceptors (Lipinski definition) is 3. The first-order valence-corrected chi connectivity index (χ1v) is 9.39. The Morgan fingerprint density at radius 2 is 1.65 bits per heavy atom. The van der Waals surface area contributed by atoms with Crippen molar-refractivity contribution >= 4 is 5.91 Å². The molecule has 0 spiro atoms. The first-order chi connectivity index (χ1) is 12.7. The number of ether oxygens (including phenoxy) is 1. The summed E-state index contributed by atoms with van der Waals surface area (Å²) in [6, 6.07) is 17.8. The molecule has 4 rings (SSSR count). The van der Waals surface area contributed by atoms with E-state index in [0.717, 1.165) is 42.8 Å². The lowest BCUT2D eigenvalue weighted by Crippen LogP contribution is -2.31. The molecule has 1 N–H and O–H groups in total. The van der Waals surface area contributed by atoms with Gasteiger partial charge < -0.3 is 14.7 Å². The third kappa shape index (κ3) is 3.75. The van der Waals surface area contributed by atoms with Crippen LogP contribution in [0.1, 0.15) is 24.0 Å². The van der Waals surface area contributed by atoms with Crippen LogP contribution in [0.2, 0.25) is 0 Å². The summed E-state index contributed by atoms with van der Waals surface area (Å²) < 4.78 is 5.97. The number of benzene rings is 2. The average molecular weight is 351 g/mol. The van der Waals surface area contributed by atoms with Gasteiger partial charge in [-0.05, 0) is 36.3 Å². The predicted octanol–water partition coefficient (Wildman–Crippen LogP) is 3.04. The number of likely N-dealkylation sites (tertiary alicyclic amines) is 1. The monoisotopic (exact) mass is 351 g/mol. The summed E-state index contributed by atoms with van der Waals surface area (Å²) in [5, 5.41) is 9.76. The minimum absolute atomic E-state index is 0.157. The second kappa shape index (κ2) is 7.50. The van der Waals surface area contributed by atoms with Crippen molar-refractivity contribution in [1.29, 1.82) is 0 Å². The zero-order valence-electron chi connectivity index (χ0n) is 14.9. The molecule has 1 aliphatic heterocycles. The molecule has 0 bridgehead atoms. The van der Waals surface area contributed by atoms with Crippen molar-refractivity contribution in [1.82, 2.24) is 4.90 Å². The first-order valence-electron chi connectivity index (χ1n) is 9.39. The van der Waals surface area contributed by atoms with E-state index in [9.17, 15) is 9.90 Å². The molecule has 3 atom stereocenters. The highest BCUT2D eigenvalue weighted by molar-refractivity contribution is 5.79. The van der Waals surface area contributed by atoms with Gasteiger partial charge in [0.05, 0.1) is 12.5 Å². The highest BCUT2D eigenvalue weighted by Crippen LogP contribution is 2.38. The maximum absolute atomic E-state index is 12.8. The maximum Gasteiger partial charge on any atom is 0.227 e. The lowest BCUT2D eigenvalue weighted by Gasteiger charge is -2.19. The topological polar surface area (TPSA) is 49.8 Å². The van der Waals surface area contributed by atoms with Gasteiger partial charge in [0, 0.05) is 18.7 Å². The van der Waals surface area contributed by atoms with Crippen LogP contribution in [0.15, 0.2) is 54.6 Å². The van der Waals surface area contributed by atoms with Gasteiger partial charge in [-0.25, -0.2) is 0 Å². The second-order valence-electron chi connectivity index (χ2n) is 7.50. The van der Waals surface area contributed by atoms with Crippen LogP contribution in [0.3, 0.4) is 0 Å². The minimum Gasteiger partial charge on any atom is -0.489 e. The number of para-hydroxylation sites is 1. The second-order valence-corrected chi connectivity index (χ2v) is 7.50. The van der Waals surface area contributed by atoms with Crippen LogP contribution in [0.4, 0.5) is 0 Å². The van der Waals surface area contributed by atoms with E-state index in [2.05, 4.69) is 0 Å². The maximum atomic E-state index is 12.8. The van der Waals surface area contributed by atoms with Crippen molar-refractivity contribution in [3.8, 4) is 5.75 Å². The Kier molecular flexibility index (Phi) is 4.93. The van der Waals surface area contributed by atoms with Crippen LogP contribution in [-0.2, 0) is 17.8 Å². The van der Waals surface area contributed by atoms with Crippen molar-refractivity contribution in [2.24, 2.45) is 11.8 Å². The Morgan fingerprint density at radius 1 is 1.00 bits per heavy atom. The number of nitrogens with zero attached hydrogens (tertiary/aromatic N) is 1. The van der Waals surface area contributed by atoms with Gasteiger partial charge >= 0.3 is 0 Å². The number of hydrogen-bond donors (Lipinski definition) is 1. The van der Waals surface area contributed by atoms with E-state index in [1.807, 2.05) is 59.5 Å². The standard InChI is InChI=1S/C22H25NO3/c24-20-10-18-13-23(14-19(18)11-20)22(25)12-17-8-4-5-9-21(17)26-15-16-6-2-1-3-7-16/h1-9,18-20,24H,10-15H2/t18-,19+,20?. The minimum atomic E-state index is -0.172. The fourth-order valence-corrected chi connectivity index (χ4v) is 4.27. The van der Waals surface area contributed by atoms with E-state index in [1.54, 1.807) is 0 Å². The Hall–Kier alpha value is -2.33. The highest BCUT2D eigenvalue weighted by atomic mass is 16.5. The van der Waals surface area contributed by atoms with Gasteiger partial charge in [-0.15, -0.1) is 0 Å². The van der Waals surface area contributed by atoms with Gasteiger partial charge in [0.2, 0.25) is 5.91 Å². The van der Waals surface area contributed by atoms with E-state index in [1.165, 1.54) is 0 Å². The molecule has 2 fully saturated rings. The van der Waals surface area contributed by atoms with E-state index >= 15 is 0 Å². The van der Waals surface area contributed by atoms with E-state index in [4.69, 9.17) is 4.74 Å². The number of carbonyl (C=O) groups excluding carboxylic acids is 1. The fourth-order valence-electron chi connectivity index (χ4n) is 4.27. The Balaban J connectivity index is 1.38. The van der Waals surface area contributed by atoms with Crippen LogP contribution in [-0.4, -0.2) is 35.1 Å². The molecule has 4 heteroatoms. The fraction of sp³-hybridized carbons (Fsp3) is 0.409. The van der Waals surface area contributed by atoms with E-state index < -0.39 is 0 Å². The van der Waals surface area contributed by atoms with Crippen molar-refractivity contribution in [2.45, 2.75) is 32.0 Å². The molecule has 1 amide bonds. The lowest BCUT2D eigenvalue weighted by molar-refractivity contribution is -0.129. The SMILES string of the molecule is O=C(Cc1ccccc1OCc1ccccc1)N1C[C@H]2CC(O)C[C@H]2C1. The summed E-state index contributed by atoms with van der Waals surface area (Å²) in [7, 11) is 0. The third-order valence-corrected chi connectivity index (χ3v) is 5.63. The number of carbonyl (C=O) groups is 1. The van der Waals surface area contributed by atoms with Crippen molar-refractivity contribution in [2.75, 3.05) is 13.1 Å². The van der Waals surface area contributed by atoms with E-state index in [-0.39, 0.29) is 12.0 Å². The smallest absolute Gasteiger partial charge is 0.227 e. The van der Waals surface area contributed by atoms with E-state index in [0.29, 0.717) is 24.9 Å². The number of aliphatic hydroxyl groups excluding tert-OH is 1. The molecule has 2 aliphatic rings. The molecule has 1 saturated heterocycles. The Bertz CT molecular complexity index is 747. The molecule has 4 nitrogen and oxygen atoms in total. The van der Waals surface area contributed by atoms with Gasteiger partial charge in [-0.1, -0.05) is 48.5 Å². The summed E-state index contributed by atoms with van der Waals surface area (Å²) in [5.41, 5.74) is 2.05. The van der Waals surface area contributed by atoms with Crippen LogP contribution in [0.25, 0.3) is 0 Å². The first kappa shape index (κ1) is 17.1. The molecule has 1 heterocycles. The number of fused-ring (bicyclic) bond motifs is 1. The predicted molar refractivity (Wildman–Crippen MR) is 99.7 cm³/mol. The third-order valence-electron chi connectivity index (χ3n) is 5.63. The molecule has 0 radical (unpaired) electrons. The molecular weight excluding hydrogens is 326 g/mol. The molecule has 0 aromatic heterocycles. The molecule has 1 aliphatic carbocycles. The number of rotatable bonds is 5. The molecule has 26 heavy (non-hydrogen) atoms. The summed E-state index contributed by atoms with van der Waals surface area (Å²) in [6.45, 7) is 2.07. The molecular formula is C22H25NO3. The van der Waals surface area contributed by atoms with Gasteiger partial charge in [-0.3, -0.25) is 4.79 Å². The summed E-state index contributed by atoms with van der Waals surface area (Å²) in [5.74, 6) is 1.88. The molecule has 1 unspecified atom stereocenters. The zero-order valence-corrected chi connectivity index (χ0v) is 14.9. The number of amides is 1. The summed E-state index contributed by atoms with van der Waals surface area (Å²) in [6.07, 6.45) is 1.87. The van der Waals surface area contributed by atoms with Crippen LogP contribution < -0.4 is 4.74 Å². The quantitative estimate of drug-likeness (QED) is 0.901. The largest absolute Gasteiger partial charge is 0.489 e. The normalized spacial score (nSPS) is 24.5. The molecule has 1 saturated carbocycles. The lowest BCUT2D eigenvalue weighted by atomic mass is 10.0. The zero-order chi connectivity index (χ0) is 17.9. The van der Waals surface area contributed by atoms with Gasteiger partial charge in [0.1, 0.15) is 12.4 Å². The highest BCUT2D eigenvalue weighted by Gasteiger charge is 2.41. The van der Waals surface area contributed by atoms with Crippen LogP contribution in [0.5, 0.6) is 5.75 Å². The summed E-state index contributed by atoms with van der Waals surface area (Å²) >= 11 is 0. The van der Waals surface area contributed by atoms with Gasteiger partial charge in [-0.2, -0.15) is 0 Å². The van der Waals surface area contributed by atoms with Crippen molar-refractivity contribution in [3.63, 3.8) is 0 Å². The summed E-state index contributed by atoms with van der Waals surface area (Å²) in [4.78, 5) is 14.7. The number of aliphatic hydroxyl groups is 1. The Labute approximate surface area is 154 Å². The van der Waals surface area contributed by atoms with Crippen LogP contribution >= 0.6 is 0 Å². The van der Waals surface area contributed by atoms with Gasteiger partial charge in [0.15, 0.2) is 0 Å². The van der Waals surface area contributed by atoms with Crippen LogP contribution in [0, 0.1) is 11.8 Å². The van der Waals surface area contributed by atoms with Crippen molar-refractivity contribution < 1.29 is 14.6 Å².